The molecular formula is C18H34IN7. The van der Waals surface area contributed by atoms with E-state index in [1.807, 2.05) is 0 Å². The standard InChI is InChI=1S/C18H33N7.HI/c1-2-24-12-7-8-15(24)14-21-18(19)20-11-6-10-17-23-22-16-9-4-3-5-13-25(16)17;/h15H,2-14H2,1H3,(H3,19,20,21);1H. The molecule has 3 heterocycles. The van der Waals surface area contributed by atoms with Crippen LogP contribution in [0.1, 0.15) is 57.1 Å². The van der Waals surface area contributed by atoms with Crippen molar-refractivity contribution in [2.24, 2.45) is 10.7 Å². The first kappa shape index (κ1) is 21.4. The summed E-state index contributed by atoms with van der Waals surface area (Å²) in [5.41, 5.74) is 6.02. The molecule has 1 saturated heterocycles. The molecule has 1 aromatic rings. The van der Waals surface area contributed by atoms with E-state index in [1.165, 1.54) is 44.5 Å². The maximum absolute atomic E-state index is 6.02. The molecule has 0 saturated carbocycles. The Labute approximate surface area is 174 Å². The number of halogens is 1. The summed E-state index contributed by atoms with van der Waals surface area (Å²) in [4.78, 5) is 7.02. The van der Waals surface area contributed by atoms with E-state index in [2.05, 4.69) is 36.9 Å². The van der Waals surface area contributed by atoms with Crippen molar-refractivity contribution in [3.8, 4) is 0 Å². The Kier molecular flexibility index (Phi) is 9.10. The first-order valence-electron chi connectivity index (χ1n) is 9.96. The number of aliphatic imine (C=N–C) groups is 1. The van der Waals surface area contributed by atoms with Crippen LogP contribution in [0, 0.1) is 0 Å². The predicted molar refractivity (Wildman–Crippen MR) is 116 cm³/mol. The van der Waals surface area contributed by atoms with Crippen molar-refractivity contribution in [2.75, 3.05) is 26.2 Å². The molecule has 26 heavy (non-hydrogen) atoms. The van der Waals surface area contributed by atoms with Crippen molar-refractivity contribution < 1.29 is 0 Å². The maximum atomic E-state index is 6.02. The van der Waals surface area contributed by atoms with E-state index in [-0.39, 0.29) is 24.0 Å². The van der Waals surface area contributed by atoms with Crippen molar-refractivity contribution in [3.63, 3.8) is 0 Å². The fourth-order valence-corrected chi connectivity index (χ4v) is 3.97. The van der Waals surface area contributed by atoms with Gasteiger partial charge in [0.1, 0.15) is 11.6 Å². The number of hydrogen-bond acceptors (Lipinski definition) is 4. The van der Waals surface area contributed by atoms with Gasteiger partial charge in [-0.25, -0.2) is 0 Å². The van der Waals surface area contributed by atoms with Crippen LogP contribution in [-0.2, 0) is 19.4 Å². The lowest BCUT2D eigenvalue weighted by Crippen LogP contribution is -2.36. The number of nitrogens with zero attached hydrogens (tertiary/aromatic N) is 5. The van der Waals surface area contributed by atoms with E-state index in [9.17, 15) is 0 Å². The first-order valence-corrected chi connectivity index (χ1v) is 9.96. The molecule has 3 N–H and O–H groups in total. The van der Waals surface area contributed by atoms with Gasteiger partial charge in [-0.2, -0.15) is 0 Å². The lowest BCUT2D eigenvalue weighted by Gasteiger charge is -2.20. The molecule has 1 fully saturated rings. The van der Waals surface area contributed by atoms with Crippen molar-refractivity contribution in [1.82, 2.24) is 25.0 Å². The molecule has 3 rings (SSSR count). The predicted octanol–water partition coefficient (Wildman–Crippen LogP) is 1.94. The number of aryl methyl sites for hydroxylation is 2. The molecule has 7 nitrogen and oxygen atoms in total. The van der Waals surface area contributed by atoms with Gasteiger partial charge in [-0.1, -0.05) is 13.3 Å². The first-order chi connectivity index (χ1) is 12.3. The molecule has 8 heteroatoms. The molecule has 0 amide bonds. The Balaban J connectivity index is 0.00000243. The molecule has 2 aliphatic heterocycles. The zero-order valence-electron chi connectivity index (χ0n) is 16.0. The lowest BCUT2D eigenvalue weighted by molar-refractivity contribution is 0.273. The molecule has 0 aliphatic carbocycles. The topological polar surface area (TPSA) is 84.4 Å². The molecule has 0 bridgehead atoms. The molecule has 1 atom stereocenters. The highest BCUT2D eigenvalue weighted by Crippen LogP contribution is 2.17. The molecule has 0 radical (unpaired) electrons. The number of nitrogens with one attached hydrogen (secondary N) is 1. The molecule has 0 spiro atoms. The maximum Gasteiger partial charge on any atom is 0.188 e. The highest BCUT2D eigenvalue weighted by atomic mass is 127. The largest absolute Gasteiger partial charge is 0.370 e. The second-order valence-corrected chi connectivity index (χ2v) is 7.18. The molecule has 1 unspecified atom stereocenters. The summed E-state index contributed by atoms with van der Waals surface area (Å²) in [6.07, 6.45) is 9.31. The third-order valence-corrected chi connectivity index (χ3v) is 5.45. The summed E-state index contributed by atoms with van der Waals surface area (Å²) in [7, 11) is 0. The zero-order valence-corrected chi connectivity index (χ0v) is 18.3. The van der Waals surface area contributed by atoms with Crippen LogP contribution in [0.2, 0.25) is 0 Å². The summed E-state index contributed by atoms with van der Waals surface area (Å²) in [5.74, 6) is 2.86. The van der Waals surface area contributed by atoms with Gasteiger partial charge >= 0.3 is 0 Å². The number of likely N-dealkylation sites (N-methyl/N-ethyl adjacent to an activating group) is 1. The van der Waals surface area contributed by atoms with Crippen LogP contribution in [0.5, 0.6) is 0 Å². The highest BCUT2D eigenvalue weighted by Gasteiger charge is 2.22. The number of nitrogens with two attached hydrogens (primary N) is 1. The minimum absolute atomic E-state index is 0. The van der Waals surface area contributed by atoms with E-state index in [0.29, 0.717) is 12.0 Å². The van der Waals surface area contributed by atoms with E-state index in [4.69, 9.17) is 5.73 Å². The average molecular weight is 475 g/mol. The second-order valence-electron chi connectivity index (χ2n) is 7.18. The summed E-state index contributed by atoms with van der Waals surface area (Å²) in [6, 6.07) is 0.566. The highest BCUT2D eigenvalue weighted by molar-refractivity contribution is 14.0. The van der Waals surface area contributed by atoms with Gasteiger partial charge in [0.05, 0.1) is 6.54 Å². The summed E-state index contributed by atoms with van der Waals surface area (Å²) in [6.45, 7) is 7.24. The van der Waals surface area contributed by atoms with Crippen LogP contribution >= 0.6 is 24.0 Å². The van der Waals surface area contributed by atoms with Gasteiger partial charge in [-0.15, -0.1) is 34.2 Å². The SMILES string of the molecule is CCN1CCCC1CN=C(N)NCCCc1nnc2n1CCCCC2.I. The van der Waals surface area contributed by atoms with Crippen molar-refractivity contribution in [3.05, 3.63) is 11.6 Å². The van der Waals surface area contributed by atoms with Gasteiger partial charge in [0.15, 0.2) is 5.96 Å². The van der Waals surface area contributed by atoms with Crippen molar-refractivity contribution >= 4 is 29.9 Å². The molecule has 2 aliphatic rings. The van der Waals surface area contributed by atoms with Crippen LogP contribution in [0.3, 0.4) is 0 Å². The van der Waals surface area contributed by atoms with E-state index in [1.54, 1.807) is 0 Å². The van der Waals surface area contributed by atoms with Crippen LogP contribution in [0.25, 0.3) is 0 Å². The van der Waals surface area contributed by atoms with Gasteiger partial charge in [-0.3, -0.25) is 9.89 Å². The number of guanidine groups is 1. The van der Waals surface area contributed by atoms with Gasteiger partial charge in [0.25, 0.3) is 0 Å². The summed E-state index contributed by atoms with van der Waals surface area (Å²) < 4.78 is 2.32. The minimum Gasteiger partial charge on any atom is -0.370 e. The number of likely N-dealkylation sites (tertiary alicyclic amines) is 1. The third kappa shape index (κ3) is 5.80. The van der Waals surface area contributed by atoms with E-state index >= 15 is 0 Å². The average Bonchev–Trinajstić information content (AvgIpc) is 3.17. The Morgan fingerprint density at radius 2 is 2.12 bits per heavy atom. The second kappa shape index (κ2) is 11.1. The number of rotatable bonds is 7. The van der Waals surface area contributed by atoms with Crippen LogP contribution in [0.15, 0.2) is 4.99 Å². The van der Waals surface area contributed by atoms with E-state index < -0.39 is 0 Å². The van der Waals surface area contributed by atoms with Crippen LogP contribution < -0.4 is 11.1 Å². The zero-order chi connectivity index (χ0) is 17.5. The smallest absolute Gasteiger partial charge is 0.188 e. The van der Waals surface area contributed by atoms with Gasteiger partial charge in [0.2, 0.25) is 0 Å². The molecule has 1 aromatic heterocycles. The van der Waals surface area contributed by atoms with E-state index in [0.717, 1.165) is 51.3 Å². The fraction of sp³-hybridized carbons (Fsp3) is 0.833. The summed E-state index contributed by atoms with van der Waals surface area (Å²) in [5, 5.41) is 12.0. The van der Waals surface area contributed by atoms with Gasteiger partial charge in [-0.05, 0) is 45.2 Å². The Hall–Kier alpha value is -0.900. The van der Waals surface area contributed by atoms with Crippen molar-refractivity contribution in [1.29, 1.82) is 0 Å². The van der Waals surface area contributed by atoms with Crippen molar-refractivity contribution in [2.45, 2.75) is 70.9 Å². The Bertz CT molecular complexity index is 572. The third-order valence-electron chi connectivity index (χ3n) is 5.45. The molecule has 148 valence electrons. The van der Waals surface area contributed by atoms with Gasteiger partial charge in [0, 0.05) is 32.0 Å². The molecular weight excluding hydrogens is 441 g/mol. The Morgan fingerprint density at radius 1 is 1.23 bits per heavy atom. The lowest BCUT2D eigenvalue weighted by atomic mass is 10.2. The fourth-order valence-electron chi connectivity index (χ4n) is 3.97. The van der Waals surface area contributed by atoms with Crippen LogP contribution in [-0.4, -0.2) is 57.8 Å². The normalized spacial score (nSPS) is 21.1. The van der Waals surface area contributed by atoms with Gasteiger partial charge < -0.3 is 15.6 Å². The number of hydrogen-bond donors (Lipinski definition) is 2. The minimum atomic E-state index is 0. The monoisotopic (exact) mass is 475 g/mol. The summed E-state index contributed by atoms with van der Waals surface area (Å²) >= 11 is 0. The quantitative estimate of drug-likeness (QED) is 0.273. The number of aromatic nitrogens is 3. The Morgan fingerprint density at radius 3 is 2.96 bits per heavy atom. The number of fused-ring (bicyclic) bond motifs is 1. The molecule has 0 aromatic carbocycles. The van der Waals surface area contributed by atoms with Crippen LogP contribution in [0.4, 0.5) is 0 Å².